The lowest BCUT2D eigenvalue weighted by Gasteiger charge is -2.33. The van der Waals surface area contributed by atoms with Crippen LogP contribution in [0.5, 0.6) is 0 Å². The zero-order valence-corrected chi connectivity index (χ0v) is 40.8. The summed E-state index contributed by atoms with van der Waals surface area (Å²) in [7, 11) is 1.66. The van der Waals surface area contributed by atoms with Gasteiger partial charge in [-0.2, -0.15) is 0 Å². The SMILES string of the molecule is CCN[C@@H](C)C(=O)N[C@H](C(=O)N1CCC[C@H]1C(=O)N[C@@H]1CCCc2ccccc21)c1ccc(C#CCO[C@H](C)[C@H](NC(=O)[C@H](C)NC)C(=O)N2CCC[C@H]2C(=O)NC2CCCc3ccccc32)cc1. The molecule has 2 fully saturated rings. The van der Waals surface area contributed by atoms with Crippen LogP contribution in [-0.4, -0.2) is 115 Å². The maximum atomic E-state index is 14.5. The number of fused-ring (bicyclic) bond motifs is 2. The normalized spacial score (nSPS) is 21.8. The largest absolute Gasteiger partial charge is 0.363 e. The second-order valence-corrected chi connectivity index (χ2v) is 18.8. The van der Waals surface area contributed by atoms with Crippen molar-refractivity contribution >= 4 is 35.4 Å². The Hall–Kier alpha value is -6.08. The number of nitrogens with one attached hydrogen (secondary N) is 6. The third kappa shape index (κ3) is 12.4. The minimum absolute atomic E-state index is 0.0699. The number of benzene rings is 3. The lowest BCUT2D eigenvalue weighted by atomic mass is 9.87. The molecule has 6 N–H and O–H groups in total. The van der Waals surface area contributed by atoms with Gasteiger partial charge < -0.3 is 46.4 Å². The van der Waals surface area contributed by atoms with Gasteiger partial charge in [0, 0.05) is 18.7 Å². The highest BCUT2D eigenvalue weighted by molar-refractivity contribution is 5.95. The molecule has 7 rings (SSSR count). The fourth-order valence-corrected chi connectivity index (χ4v) is 10.2. The fraction of sp³-hybridized carbons (Fsp3) is 0.519. The highest BCUT2D eigenvalue weighted by Gasteiger charge is 2.42. The third-order valence-corrected chi connectivity index (χ3v) is 14.2. The van der Waals surface area contributed by atoms with Crippen LogP contribution in [0.3, 0.4) is 0 Å². The molecule has 2 saturated heterocycles. The lowest BCUT2D eigenvalue weighted by Crippen LogP contribution is -2.59. The average molecular weight is 943 g/mol. The first-order chi connectivity index (χ1) is 33.4. The van der Waals surface area contributed by atoms with Crippen molar-refractivity contribution in [3.63, 3.8) is 0 Å². The Morgan fingerprint density at radius 2 is 1.20 bits per heavy atom. The van der Waals surface area contributed by atoms with E-state index in [2.05, 4.69) is 68.0 Å². The highest BCUT2D eigenvalue weighted by Crippen LogP contribution is 2.32. The zero-order chi connectivity index (χ0) is 49.0. The van der Waals surface area contributed by atoms with Crippen LogP contribution in [0.4, 0.5) is 0 Å². The Morgan fingerprint density at radius 3 is 1.75 bits per heavy atom. The van der Waals surface area contributed by atoms with E-state index in [9.17, 15) is 28.8 Å². The first-order valence-corrected chi connectivity index (χ1v) is 25.0. The van der Waals surface area contributed by atoms with E-state index in [-0.39, 0.29) is 48.2 Å². The number of hydrogen-bond acceptors (Lipinski definition) is 9. The summed E-state index contributed by atoms with van der Waals surface area (Å²) in [6, 6.07) is 18.5. The first-order valence-electron chi connectivity index (χ1n) is 25.0. The smallest absolute Gasteiger partial charge is 0.250 e. The summed E-state index contributed by atoms with van der Waals surface area (Å²) in [5.41, 5.74) is 5.87. The standard InChI is InChI=1S/C54H70N8O7/c1-6-56-35(3)50(64)60-48(54(68)62-32-14-26-46(62)52(66)58-44-24-12-20-39-18-8-10-22-42(39)44)40-29-27-37(28-30-40)16-15-33-69-36(4)47(59-49(63)34(2)55-5)53(67)61-31-13-25-45(61)51(65)57-43-23-11-19-38-17-7-9-21-41(38)43/h7-10,17-18,21-22,27-30,34-36,43-48,55-56H,6,11-14,19-20,23-26,31-33H2,1-5H3,(H,57,65)(H,58,66)(H,59,63)(H,60,64)/t34-,35-,36+,43?,44+,45-,46-,47-,48-/m0/s1. The zero-order valence-electron chi connectivity index (χ0n) is 40.8. The molecule has 4 aliphatic rings. The number of rotatable bonds is 17. The van der Waals surface area contributed by atoms with E-state index < -0.39 is 48.3 Å². The van der Waals surface area contributed by atoms with Gasteiger partial charge in [-0.3, -0.25) is 28.8 Å². The van der Waals surface area contributed by atoms with Crippen molar-refractivity contribution in [1.82, 2.24) is 41.7 Å². The maximum Gasteiger partial charge on any atom is 0.250 e. The molecular formula is C54H70N8O7. The summed E-state index contributed by atoms with van der Waals surface area (Å²) in [6.07, 6.45) is 7.09. The van der Waals surface area contributed by atoms with E-state index in [0.29, 0.717) is 56.4 Å². The molecule has 1 unspecified atom stereocenters. The number of likely N-dealkylation sites (tertiary alicyclic amines) is 2. The van der Waals surface area contributed by atoms with Gasteiger partial charge in [-0.05, 0) is 139 Å². The van der Waals surface area contributed by atoms with Crippen molar-refractivity contribution < 1.29 is 33.5 Å². The minimum Gasteiger partial charge on any atom is -0.363 e. The number of nitrogens with zero attached hydrogens (tertiary/aromatic N) is 2. The topological polar surface area (TPSA) is 190 Å². The molecular weight excluding hydrogens is 873 g/mol. The number of carbonyl (C=O) groups is 6. The summed E-state index contributed by atoms with van der Waals surface area (Å²) < 4.78 is 6.11. The van der Waals surface area contributed by atoms with E-state index >= 15 is 0 Å². The van der Waals surface area contributed by atoms with Crippen LogP contribution < -0.4 is 31.9 Å². The Labute approximate surface area is 407 Å². The van der Waals surface area contributed by atoms with E-state index in [1.54, 1.807) is 61.9 Å². The summed E-state index contributed by atoms with van der Waals surface area (Å²) in [4.78, 5) is 86.4. The molecule has 0 saturated carbocycles. The van der Waals surface area contributed by atoms with Crippen LogP contribution in [0.25, 0.3) is 0 Å². The predicted octanol–water partition coefficient (Wildman–Crippen LogP) is 4.06. The summed E-state index contributed by atoms with van der Waals surface area (Å²) >= 11 is 0. The van der Waals surface area contributed by atoms with E-state index in [0.717, 1.165) is 49.7 Å². The van der Waals surface area contributed by atoms with Crippen LogP contribution in [-0.2, 0) is 46.3 Å². The molecule has 15 heteroatoms. The number of aryl methyl sites for hydroxylation is 2. The van der Waals surface area contributed by atoms with Gasteiger partial charge in [-0.15, -0.1) is 0 Å². The summed E-state index contributed by atoms with van der Waals surface area (Å²) in [5, 5.41) is 18.3. The Morgan fingerprint density at radius 1 is 0.667 bits per heavy atom. The van der Waals surface area contributed by atoms with E-state index in [1.807, 2.05) is 31.2 Å². The minimum atomic E-state index is -1.08. The van der Waals surface area contributed by atoms with Crippen molar-refractivity contribution in [1.29, 1.82) is 0 Å². The molecule has 0 aromatic heterocycles. The molecule has 0 radical (unpaired) electrons. The van der Waals surface area contributed by atoms with Crippen LogP contribution >= 0.6 is 0 Å². The molecule has 0 spiro atoms. The van der Waals surface area contributed by atoms with Crippen LogP contribution in [0.2, 0.25) is 0 Å². The second kappa shape index (κ2) is 24.0. The maximum absolute atomic E-state index is 14.5. The Bertz CT molecular complexity index is 2380. The molecule has 2 aliphatic heterocycles. The van der Waals surface area contributed by atoms with Crippen LogP contribution in [0, 0.1) is 11.8 Å². The van der Waals surface area contributed by atoms with Crippen LogP contribution in [0.1, 0.15) is 131 Å². The Balaban J connectivity index is 1.01. The van der Waals surface area contributed by atoms with Gasteiger partial charge in [0.05, 0.1) is 30.3 Å². The van der Waals surface area contributed by atoms with Gasteiger partial charge in [0.1, 0.15) is 30.8 Å². The second-order valence-electron chi connectivity index (χ2n) is 18.8. The molecule has 9 atom stereocenters. The van der Waals surface area contributed by atoms with Crippen molar-refractivity contribution in [3.05, 3.63) is 106 Å². The van der Waals surface area contributed by atoms with Crippen molar-refractivity contribution in [2.75, 3.05) is 33.3 Å². The van der Waals surface area contributed by atoms with Crippen molar-refractivity contribution in [2.24, 2.45) is 0 Å². The molecule has 6 amide bonds. The molecule has 0 bridgehead atoms. The van der Waals surface area contributed by atoms with Gasteiger partial charge in [0.2, 0.25) is 35.4 Å². The highest BCUT2D eigenvalue weighted by atomic mass is 16.5. The van der Waals surface area contributed by atoms with Gasteiger partial charge in [-0.1, -0.05) is 79.4 Å². The van der Waals surface area contributed by atoms with Gasteiger partial charge in [0.25, 0.3) is 0 Å². The number of ether oxygens (including phenoxy) is 1. The number of likely N-dealkylation sites (N-methyl/N-ethyl adjacent to an activating group) is 2. The number of amides is 6. The van der Waals surface area contributed by atoms with Crippen LogP contribution in [0.15, 0.2) is 72.8 Å². The van der Waals surface area contributed by atoms with Gasteiger partial charge >= 0.3 is 0 Å². The molecule has 368 valence electrons. The Kier molecular flexibility index (Phi) is 17.6. The average Bonchev–Trinajstić information content (AvgIpc) is 4.08. The third-order valence-electron chi connectivity index (χ3n) is 14.2. The van der Waals surface area contributed by atoms with Gasteiger partial charge in [0.15, 0.2) is 0 Å². The quantitative estimate of drug-likeness (QED) is 0.109. The lowest BCUT2D eigenvalue weighted by molar-refractivity contribution is -0.145. The fourth-order valence-electron chi connectivity index (χ4n) is 10.2. The molecule has 2 aliphatic carbocycles. The van der Waals surface area contributed by atoms with E-state index in [1.165, 1.54) is 11.1 Å². The summed E-state index contributed by atoms with van der Waals surface area (Å²) in [5.74, 6) is 4.24. The number of carbonyl (C=O) groups excluding carboxylic acids is 6. The molecule has 15 nitrogen and oxygen atoms in total. The monoisotopic (exact) mass is 943 g/mol. The number of hydrogen-bond donors (Lipinski definition) is 6. The first kappa shape index (κ1) is 50.8. The van der Waals surface area contributed by atoms with Crippen molar-refractivity contribution in [2.45, 2.75) is 146 Å². The molecule has 3 aromatic carbocycles. The molecule has 2 heterocycles. The van der Waals surface area contributed by atoms with Crippen molar-refractivity contribution in [3.8, 4) is 11.8 Å². The molecule has 69 heavy (non-hydrogen) atoms. The molecule has 3 aromatic rings. The van der Waals surface area contributed by atoms with E-state index in [4.69, 9.17) is 4.74 Å². The summed E-state index contributed by atoms with van der Waals surface area (Å²) in [6.45, 7) is 8.32. The predicted molar refractivity (Wildman–Crippen MR) is 263 cm³/mol. The van der Waals surface area contributed by atoms with Gasteiger partial charge in [-0.25, -0.2) is 0 Å².